The quantitative estimate of drug-likeness (QED) is 0.169. The van der Waals surface area contributed by atoms with E-state index in [1.54, 1.807) is 0 Å². The average Bonchev–Trinajstić information content (AvgIpc) is 3.22. The monoisotopic (exact) mass is 652 g/mol. The predicted octanol–water partition coefficient (Wildman–Crippen LogP) is 13.0. The summed E-state index contributed by atoms with van der Waals surface area (Å²) >= 11 is 0. The zero-order valence-electron chi connectivity index (χ0n) is 28.2. The molecule has 2 nitrogen and oxygen atoms in total. The van der Waals surface area contributed by atoms with Gasteiger partial charge in [0.05, 0.1) is 16.8 Å². The molecule has 0 amide bonds. The van der Waals surface area contributed by atoms with Gasteiger partial charge >= 0.3 is 0 Å². The predicted molar refractivity (Wildman–Crippen MR) is 213 cm³/mol. The number of anilines is 6. The van der Waals surface area contributed by atoms with Crippen molar-refractivity contribution in [1.82, 2.24) is 0 Å². The zero-order chi connectivity index (χ0) is 34.0. The van der Waals surface area contributed by atoms with E-state index in [0.29, 0.717) is 0 Å². The van der Waals surface area contributed by atoms with Crippen molar-refractivity contribution in [2.24, 2.45) is 0 Å². The number of hydrogen-bond donors (Lipinski definition) is 0. The van der Waals surface area contributed by atoms with Crippen molar-refractivity contribution >= 4 is 34.1 Å². The summed E-state index contributed by atoms with van der Waals surface area (Å²) in [4.78, 5) is 4.74. The number of rotatable bonds is 7. The molecule has 51 heavy (non-hydrogen) atoms. The molecule has 2 heteroatoms. The zero-order valence-corrected chi connectivity index (χ0v) is 28.2. The molecule has 0 saturated heterocycles. The summed E-state index contributed by atoms with van der Waals surface area (Å²) in [5.41, 5.74) is 13.6. The van der Waals surface area contributed by atoms with Crippen LogP contribution in [0.5, 0.6) is 0 Å². The molecule has 0 N–H and O–H groups in total. The second-order valence-electron chi connectivity index (χ2n) is 13.0. The van der Waals surface area contributed by atoms with E-state index in [9.17, 15) is 0 Å². The highest BCUT2D eigenvalue weighted by atomic mass is 15.2. The Balaban J connectivity index is 1.26. The van der Waals surface area contributed by atoms with Gasteiger partial charge in [0.15, 0.2) is 0 Å². The van der Waals surface area contributed by atoms with Gasteiger partial charge in [-0.15, -0.1) is 0 Å². The van der Waals surface area contributed by atoms with Gasteiger partial charge in [0, 0.05) is 22.7 Å². The topological polar surface area (TPSA) is 6.48 Å². The number of fused-ring (bicyclic) bond motifs is 2. The Morgan fingerprint density at radius 1 is 0.333 bits per heavy atom. The van der Waals surface area contributed by atoms with Gasteiger partial charge < -0.3 is 9.80 Å². The molecular weight excluding hydrogens is 617 g/mol. The Morgan fingerprint density at radius 2 is 0.765 bits per heavy atom. The lowest BCUT2D eigenvalue weighted by atomic mass is 9.62. The first-order chi connectivity index (χ1) is 25.3. The Bertz CT molecular complexity index is 2310. The first-order valence-corrected chi connectivity index (χ1v) is 17.5. The maximum atomic E-state index is 2.43. The molecule has 8 aromatic rings. The summed E-state index contributed by atoms with van der Waals surface area (Å²) in [6.45, 7) is 0. The minimum absolute atomic E-state index is 0.549. The minimum atomic E-state index is -0.549. The van der Waals surface area contributed by atoms with Crippen LogP contribution >= 0.6 is 0 Å². The summed E-state index contributed by atoms with van der Waals surface area (Å²) in [6, 6.07) is 78.9. The van der Waals surface area contributed by atoms with E-state index in [1.165, 1.54) is 44.8 Å². The smallest absolute Gasteiger partial charge is 0.0742 e. The number of nitrogens with zero attached hydrogens (tertiary/aromatic N) is 2. The van der Waals surface area contributed by atoms with Crippen molar-refractivity contribution in [1.29, 1.82) is 0 Å². The average molecular weight is 653 g/mol. The van der Waals surface area contributed by atoms with Crippen LogP contribution in [-0.4, -0.2) is 0 Å². The standard InChI is InChI=1S/C49H36N2/c1-6-18-39(19-7-1)49(40-20-8-2-9-21-40)45-28-16-17-29-47(45)51(43-26-14-5-15-27-43)48-35-32-38(36-46(48)49)37-30-33-44(34-31-37)50(41-22-10-3-11-23-41)42-24-12-4-13-25-42/h1-36H. The fourth-order valence-electron chi connectivity index (χ4n) is 7.90. The molecule has 0 bridgehead atoms. The third-order valence-electron chi connectivity index (χ3n) is 10.1. The molecule has 1 heterocycles. The second kappa shape index (κ2) is 13.0. The van der Waals surface area contributed by atoms with E-state index in [2.05, 4.69) is 228 Å². The maximum Gasteiger partial charge on any atom is 0.0742 e. The molecule has 1 aliphatic heterocycles. The van der Waals surface area contributed by atoms with Gasteiger partial charge in [-0.1, -0.05) is 152 Å². The Kier molecular flexibility index (Phi) is 7.75. The van der Waals surface area contributed by atoms with Gasteiger partial charge in [-0.25, -0.2) is 0 Å². The molecule has 0 aromatic heterocycles. The van der Waals surface area contributed by atoms with Crippen molar-refractivity contribution in [3.8, 4) is 11.1 Å². The summed E-state index contributed by atoms with van der Waals surface area (Å²) in [7, 11) is 0. The van der Waals surface area contributed by atoms with Gasteiger partial charge in [0.1, 0.15) is 0 Å². The van der Waals surface area contributed by atoms with Crippen LogP contribution in [0.15, 0.2) is 218 Å². The largest absolute Gasteiger partial charge is 0.311 e. The molecule has 8 aromatic carbocycles. The van der Waals surface area contributed by atoms with E-state index < -0.39 is 5.41 Å². The highest BCUT2D eigenvalue weighted by Crippen LogP contribution is 2.58. The molecule has 1 aliphatic rings. The second-order valence-corrected chi connectivity index (χ2v) is 13.0. The highest BCUT2D eigenvalue weighted by Gasteiger charge is 2.46. The van der Waals surface area contributed by atoms with E-state index >= 15 is 0 Å². The van der Waals surface area contributed by atoms with Crippen molar-refractivity contribution in [2.75, 3.05) is 9.80 Å². The van der Waals surface area contributed by atoms with E-state index in [0.717, 1.165) is 22.7 Å². The molecule has 0 aliphatic carbocycles. The van der Waals surface area contributed by atoms with Crippen LogP contribution < -0.4 is 9.80 Å². The summed E-state index contributed by atoms with van der Waals surface area (Å²) in [6.07, 6.45) is 0. The normalized spacial score (nSPS) is 12.8. The first kappa shape index (κ1) is 30.4. The van der Waals surface area contributed by atoms with E-state index in [-0.39, 0.29) is 0 Å². The van der Waals surface area contributed by atoms with Gasteiger partial charge in [-0.05, 0) is 100 Å². The molecule has 0 saturated carbocycles. The summed E-state index contributed by atoms with van der Waals surface area (Å²) < 4.78 is 0. The number of benzene rings is 8. The van der Waals surface area contributed by atoms with Crippen LogP contribution in [0.1, 0.15) is 22.3 Å². The fraction of sp³-hybridized carbons (Fsp3) is 0.0204. The van der Waals surface area contributed by atoms with Crippen molar-refractivity contribution < 1.29 is 0 Å². The lowest BCUT2D eigenvalue weighted by Gasteiger charge is -2.46. The number of hydrogen-bond acceptors (Lipinski definition) is 2. The summed E-state index contributed by atoms with van der Waals surface area (Å²) in [5, 5.41) is 0. The lowest BCUT2D eigenvalue weighted by Crippen LogP contribution is -2.37. The molecule has 0 atom stereocenters. The minimum Gasteiger partial charge on any atom is -0.311 e. The van der Waals surface area contributed by atoms with Crippen LogP contribution in [0, 0.1) is 0 Å². The van der Waals surface area contributed by atoms with Crippen molar-refractivity contribution in [2.45, 2.75) is 5.41 Å². The van der Waals surface area contributed by atoms with Gasteiger partial charge in [-0.3, -0.25) is 0 Å². The van der Waals surface area contributed by atoms with Crippen LogP contribution in [-0.2, 0) is 5.41 Å². The van der Waals surface area contributed by atoms with Gasteiger partial charge in [0.25, 0.3) is 0 Å². The maximum absolute atomic E-state index is 2.43. The first-order valence-electron chi connectivity index (χ1n) is 17.5. The lowest BCUT2D eigenvalue weighted by molar-refractivity contribution is 0.731. The van der Waals surface area contributed by atoms with Crippen LogP contribution in [0.4, 0.5) is 34.1 Å². The van der Waals surface area contributed by atoms with Crippen LogP contribution in [0.25, 0.3) is 11.1 Å². The molecule has 0 radical (unpaired) electrons. The fourth-order valence-corrected chi connectivity index (χ4v) is 7.90. The van der Waals surface area contributed by atoms with Gasteiger partial charge in [-0.2, -0.15) is 0 Å². The third kappa shape index (κ3) is 5.21. The van der Waals surface area contributed by atoms with Crippen LogP contribution in [0.2, 0.25) is 0 Å². The van der Waals surface area contributed by atoms with Crippen molar-refractivity contribution in [3.05, 3.63) is 241 Å². The molecular formula is C49H36N2. The SMILES string of the molecule is c1ccc(N(c2ccccc2)c2ccc(-c3ccc4c(c3)C(c3ccccc3)(c3ccccc3)c3ccccc3N4c3ccccc3)cc2)cc1. The van der Waals surface area contributed by atoms with Crippen molar-refractivity contribution in [3.63, 3.8) is 0 Å². The Labute approximate surface area is 300 Å². The number of para-hydroxylation sites is 4. The molecule has 242 valence electrons. The molecule has 0 unspecified atom stereocenters. The highest BCUT2D eigenvalue weighted by molar-refractivity contribution is 5.91. The van der Waals surface area contributed by atoms with E-state index in [1.807, 2.05) is 0 Å². The van der Waals surface area contributed by atoms with Gasteiger partial charge in [0.2, 0.25) is 0 Å². The molecule has 0 spiro atoms. The molecule has 0 fully saturated rings. The Hall–Kier alpha value is -6.64. The Morgan fingerprint density at radius 3 is 1.33 bits per heavy atom. The van der Waals surface area contributed by atoms with Crippen LogP contribution in [0.3, 0.4) is 0 Å². The molecule has 9 rings (SSSR count). The van der Waals surface area contributed by atoms with E-state index in [4.69, 9.17) is 0 Å². The third-order valence-corrected chi connectivity index (χ3v) is 10.1. The summed E-state index contributed by atoms with van der Waals surface area (Å²) in [5.74, 6) is 0.